The molecule has 7 nitrogen and oxygen atoms in total. The predicted octanol–water partition coefficient (Wildman–Crippen LogP) is -0.0647. The Bertz CT molecular complexity index is 554. The molecule has 0 aliphatic carbocycles. The third-order valence-corrected chi connectivity index (χ3v) is 4.45. The average Bonchev–Trinajstić information content (AvgIpc) is 3.05. The Kier molecular flexibility index (Phi) is 5.45. The van der Waals surface area contributed by atoms with Crippen LogP contribution in [0.2, 0.25) is 0 Å². The van der Waals surface area contributed by atoms with Crippen LogP contribution in [0.15, 0.2) is 24.5 Å². The van der Waals surface area contributed by atoms with Crippen molar-refractivity contribution in [3.63, 3.8) is 0 Å². The zero-order valence-electron chi connectivity index (χ0n) is 14.1. The van der Waals surface area contributed by atoms with E-state index in [1.807, 2.05) is 31.1 Å². The van der Waals surface area contributed by atoms with Gasteiger partial charge in [0.1, 0.15) is 12.2 Å². The molecule has 1 aromatic heterocycles. The van der Waals surface area contributed by atoms with E-state index in [1.54, 1.807) is 12.4 Å². The summed E-state index contributed by atoms with van der Waals surface area (Å²) in [5, 5.41) is 13.2. The first-order chi connectivity index (χ1) is 11.5. The summed E-state index contributed by atoms with van der Waals surface area (Å²) in [4.78, 5) is 18.1. The number of rotatable bonds is 6. The van der Waals surface area contributed by atoms with Gasteiger partial charge in [0.05, 0.1) is 24.7 Å². The smallest absolute Gasteiger partial charge is 0.222 e. The molecule has 2 aliphatic heterocycles. The summed E-state index contributed by atoms with van der Waals surface area (Å²) in [5.74, 6) is -0.0665. The Morgan fingerprint density at radius 3 is 2.96 bits per heavy atom. The molecule has 5 atom stereocenters. The number of ether oxygens (including phenoxy) is 2. The lowest BCUT2D eigenvalue weighted by Crippen LogP contribution is -2.38. The van der Waals surface area contributed by atoms with Crippen LogP contribution >= 0.6 is 0 Å². The van der Waals surface area contributed by atoms with Crippen molar-refractivity contribution in [2.45, 2.75) is 49.9 Å². The van der Waals surface area contributed by atoms with Crippen molar-refractivity contribution in [3.05, 3.63) is 30.1 Å². The van der Waals surface area contributed by atoms with E-state index in [0.717, 1.165) is 5.56 Å². The first-order valence-corrected chi connectivity index (χ1v) is 8.32. The number of nitrogens with one attached hydrogen (secondary N) is 1. The van der Waals surface area contributed by atoms with Crippen LogP contribution < -0.4 is 5.32 Å². The zero-order chi connectivity index (χ0) is 17.1. The number of likely N-dealkylation sites (N-methyl/N-ethyl adjacent to an activating group) is 1. The van der Waals surface area contributed by atoms with Crippen molar-refractivity contribution in [3.8, 4) is 0 Å². The van der Waals surface area contributed by atoms with Gasteiger partial charge in [-0.2, -0.15) is 0 Å². The molecule has 3 heterocycles. The highest BCUT2D eigenvalue weighted by Gasteiger charge is 2.50. The molecule has 2 fully saturated rings. The second-order valence-corrected chi connectivity index (χ2v) is 6.77. The highest BCUT2D eigenvalue weighted by atomic mass is 16.6. The molecule has 0 saturated carbocycles. The molecule has 0 spiro atoms. The number of hydrogen-bond donors (Lipinski definition) is 2. The monoisotopic (exact) mass is 335 g/mol. The molecule has 132 valence electrons. The van der Waals surface area contributed by atoms with Crippen molar-refractivity contribution < 1.29 is 19.4 Å². The van der Waals surface area contributed by atoms with E-state index in [2.05, 4.69) is 10.3 Å². The SMILES string of the molecule is CN(C)C[C@H]1O[C@@H]2C[C@@H](CC(=O)NCc3cccnc3)O[C@@H]2[C@@H]1O. The minimum absolute atomic E-state index is 0.0665. The third kappa shape index (κ3) is 4.10. The largest absolute Gasteiger partial charge is 0.388 e. The van der Waals surface area contributed by atoms with Gasteiger partial charge in [-0.15, -0.1) is 0 Å². The maximum atomic E-state index is 12.1. The van der Waals surface area contributed by atoms with Crippen molar-refractivity contribution in [2.75, 3.05) is 20.6 Å². The highest BCUT2D eigenvalue weighted by molar-refractivity contribution is 5.76. The van der Waals surface area contributed by atoms with E-state index < -0.39 is 6.10 Å². The van der Waals surface area contributed by atoms with Crippen molar-refractivity contribution in [1.29, 1.82) is 0 Å². The van der Waals surface area contributed by atoms with E-state index >= 15 is 0 Å². The van der Waals surface area contributed by atoms with Gasteiger partial charge in [-0.3, -0.25) is 9.78 Å². The Morgan fingerprint density at radius 2 is 2.29 bits per heavy atom. The molecule has 24 heavy (non-hydrogen) atoms. The molecule has 1 aromatic rings. The zero-order valence-corrected chi connectivity index (χ0v) is 14.1. The molecule has 1 amide bonds. The molecule has 2 N–H and O–H groups in total. The second kappa shape index (κ2) is 7.57. The quantitative estimate of drug-likeness (QED) is 0.757. The summed E-state index contributed by atoms with van der Waals surface area (Å²) in [5.41, 5.74) is 0.959. The molecule has 2 aliphatic rings. The first kappa shape index (κ1) is 17.3. The Labute approximate surface area is 142 Å². The van der Waals surface area contributed by atoms with Crippen molar-refractivity contribution in [2.24, 2.45) is 0 Å². The number of aliphatic hydroxyl groups excluding tert-OH is 1. The maximum Gasteiger partial charge on any atom is 0.222 e. The maximum absolute atomic E-state index is 12.1. The van der Waals surface area contributed by atoms with Crippen LogP contribution in [0.3, 0.4) is 0 Å². The number of carbonyl (C=O) groups excluding carboxylic acids is 1. The van der Waals surface area contributed by atoms with Gasteiger partial charge in [-0.25, -0.2) is 0 Å². The van der Waals surface area contributed by atoms with Gasteiger partial charge < -0.3 is 24.8 Å². The van der Waals surface area contributed by atoms with Gasteiger partial charge >= 0.3 is 0 Å². The van der Waals surface area contributed by atoms with Gasteiger partial charge in [0.25, 0.3) is 0 Å². The summed E-state index contributed by atoms with van der Waals surface area (Å²) in [6.45, 7) is 1.12. The number of pyridine rings is 1. The number of hydrogen-bond acceptors (Lipinski definition) is 6. The minimum atomic E-state index is -0.638. The van der Waals surface area contributed by atoms with Gasteiger partial charge in [0.15, 0.2) is 0 Å². The lowest BCUT2D eigenvalue weighted by Gasteiger charge is -2.22. The molecule has 7 heteroatoms. The predicted molar refractivity (Wildman–Crippen MR) is 87.2 cm³/mol. The molecule has 0 radical (unpaired) electrons. The van der Waals surface area contributed by atoms with Crippen molar-refractivity contribution in [1.82, 2.24) is 15.2 Å². The number of carbonyl (C=O) groups is 1. The molecule has 0 bridgehead atoms. The number of aliphatic hydroxyl groups is 1. The number of fused-ring (bicyclic) bond motifs is 1. The first-order valence-electron chi connectivity index (χ1n) is 8.32. The van der Waals surface area contributed by atoms with Gasteiger partial charge in [0.2, 0.25) is 5.91 Å². The fourth-order valence-electron chi connectivity index (χ4n) is 3.33. The van der Waals surface area contributed by atoms with E-state index in [-0.39, 0.29) is 36.7 Å². The summed E-state index contributed by atoms with van der Waals surface area (Å²) in [7, 11) is 3.89. The fraction of sp³-hybridized carbons (Fsp3) is 0.647. The van der Waals surface area contributed by atoms with E-state index in [1.165, 1.54) is 0 Å². The number of nitrogens with zero attached hydrogens (tertiary/aromatic N) is 2. The van der Waals surface area contributed by atoms with Crippen LogP contribution in [0.4, 0.5) is 0 Å². The van der Waals surface area contributed by atoms with Crippen LogP contribution in [0.1, 0.15) is 18.4 Å². The Morgan fingerprint density at radius 1 is 1.46 bits per heavy atom. The Hall–Kier alpha value is -1.54. The highest BCUT2D eigenvalue weighted by Crippen LogP contribution is 2.35. The molecular weight excluding hydrogens is 310 g/mol. The standard InChI is InChI=1S/C17H25N3O4/c1-20(2)10-14-16(22)17-13(24-14)6-12(23-17)7-15(21)19-9-11-4-3-5-18-8-11/h3-5,8,12-14,16-17,22H,6-7,9-10H2,1-2H3,(H,19,21)/t12-,13+,14+,16+,17-/m0/s1. The van der Waals surface area contributed by atoms with Crippen LogP contribution in [-0.4, -0.2) is 72.1 Å². The summed E-state index contributed by atoms with van der Waals surface area (Å²) < 4.78 is 11.8. The van der Waals surface area contributed by atoms with Crippen molar-refractivity contribution >= 4 is 5.91 Å². The topological polar surface area (TPSA) is 83.9 Å². The molecule has 2 saturated heterocycles. The van der Waals surface area contributed by atoms with E-state index in [0.29, 0.717) is 19.5 Å². The second-order valence-electron chi connectivity index (χ2n) is 6.77. The molecule has 0 unspecified atom stereocenters. The van der Waals surface area contributed by atoms with Gasteiger partial charge in [-0.1, -0.05) is 6.07 Å². The Balaban J connectivity index is 1.43. The molecular formula is C17H25N3O4. The lowest BCUT2D eigenvalue weighted by atomic mass is 10.1. The summed E-state index contributed by atoms with van der Waals surface area (Å²) in [6, 6.07) is 3.75. The van der Waals surface area contributed by atoms with Crippen LogP contribution in [0.5, 0.6) is 0 Å². The number of aromatic nitrogens is 1. The van der Waals surface area contributed by atoms with Gasteiger partial charge in [0, 0.05) is 31.9 Å². The van der Waals surface area contributed by atoms with Crippen LogP contribution in [-0.2, 0) is 20.8 Å². The van der Waals surface area contributed by atoms with E-state index in [9.17, 15) is 9.90 Å². The third-order valence-electron chi connectivity index (χ3n) is 4.45. The molecule has 3 rings (SSSR count). The van der Waals surface area contributed by atoms with Gasteiger partial charge in [-0.05, 0) is 25.7 Å². The normalized spacial score (nSPS) is 32.1. The van der Waals surface area contributed by atoms with Crippen LogP contribution in [0, 0.1) is 0 Å². The number of amides is 1. The summed E-state index contributed by atoms with van der Waals surface area (Å²) >= 11 is 0. The molecule has 0 aromatic carbocycles. The lowest BCUT2D eigenvalue weighted by molar-refractivity contribution is -0.125. The average molecular weight is 335 g/mol. The van der Waals surface area contributed by atoms with Crippen LogP contribution in [0.25, 0.3) is 0 Å². The fourth-order valence-corrected chi connectivity index (χ4v) is 3.33. The summed E-state index contributed by atoms with van der Waals surface area (Å²) in [6.07, 6.45) is 2.83. The van der Waals surface area contributed by atoms with E-state index in [4.69, 9.17) is 9.47 Å². The minimum Gasteiger partial charge on any atom is -0.388 e.